The van der Waals surface area contributed by atoms with E-state index in [0.717, 1.165) is 16.5 Å². The summed E-state index contributed by atoms with van der Waals surface area (Å²) >= 11 is 0. The summed E-state index contributed by atoms with van der Waals surface area (Å²) in [4.78, 5) is 21.8. The Kier molecular flexibility index (Phi) is 5.66. The Labute approximate surface area is 179 Å². The predicted molar refractivity (Wildman–Crippen MR) is 117 cm³/mol. The van der Waals surface area contributed by atoms with Gasteiger partial charge < -0.3 is 15.1 Å². The molecule has 0 fully saturated rings. The number of para-hydroxylation sites is 1. The van der Waals surface area contributed by atoms with E-state index >= 15 is 0 Å². The van der Waals surface area contributed by atoms with Crippen LogP contribution in [0.5, 0.6) is 0 Å². The lowest BCUT2D eigenvalue weighted by atomic mass is 10.1. The number of rotatable bonds is 6. The smallest absolute Gasteiger partial charge is 0.255 e. The highest BCUT2D eigenvalue weighted by atomic mass is 19.1. The normalized spacial score (nSPS) is 11.0. The molecule has 2 heterocycles. The van der Waals surface area contributed by atoms with E-state index in [0.29, 0.717) is 34.3 Å². The molecule has 0 aliphatic rings. The summed E-state index contributed by atoms with van der Waals surface area (Å²) in [7, 11) is 0. The minimum atomic E-state index is -0.275. The van der Waals surface area contributed by atoms with Crippen molar-refractivity contribution in [3.05, 3.63) is 88.4 Å². The molecule has 2 aromatic carbocycles. The van der Waals surface area contributed by atoms with Gasteiger partial charge in [0.25, 0.3) is 5.91 Å². The fraction of sp³-hybridized carbons (Fsp3) is 0.208. The van der Waals surface area contributed by atoms with Crippen LogP contribution in [-0.4, -0.2) is 15.9 Å². The van der Waals surface area contributed by atoms with Gasteiger partial charge in [0.1, 0.15) is 23.2 Å². The van der Waals surface area contributed by atoms with E-state index in [-0.39, 0.29) is 24.8 Å². The molecule has 0 radical (unpaired) electrons. The van der Waals surface area contributed by atoms with Crippen molar-refractivity contribution in [1.82, 2.24) is 15.3 Å². The molecule has 4 aromatic rings. The summed E-state index contributed by atoms with van der Waals surface area (Å²) in [5, 5.41) is 6.92. The molecular weight excluding hydrogens is 395 g/mol. The average Bonchev–Trinajstić information content (AvgIpc) is 3.10. The highest BCUT2D eigenvalue weighted by Crippen LogP contribution is 2.24. The van der Waals surface area contributed by atoms with E-state index < -0.39 is 0 Å². The first-order valence-electron chi connectivity index (χ1n) is 10.0. The van der Waals surface area contributed by atoms with Crippen molar-refractivity contribution in [3.63, 3.8) is 0 Å². The minimum absolute atomic E-state index is 0.154. The quantitative estimate of drug-likeness (QED) is 0.469. The number of carbonyl (C=O) groups excluding carboxylic acids is 1. The third-order valence-corrected chi connectivity index (χ3v) is 5.07. The Morgan fingerprint density at radius 3 is 2.58 bits per heavy atom. The molecule has 0 bridgehead atoms. The Morgan fingerprint density at radius 2 is 1.84 bits per heavy atom. The molecule has 2 N–H and O–H groups in total. The number of furan rings is 1. The van der Waals surface area contributed by atoms with Crippen LogP contribution in [0.15, 0.2) is 52.9 Å². The van der Waals surface area contributed by atoms with Crippen LogP contribution in [0.1, 0.15) is 38.8 Å². The maximum Gasteiger partial charge on any atom is 0.255 e. The van der Waals surface area contributed by atoms with E-state index in [1.54, 1.807) is 38.1 Å². The number of amides is 1. The first kappa shape index (κ1) is 20.5. The lowest BCUT2D eigenvalue weighted by molar-refractivity contribution is 0.0948. The Bertz CT molecular complexity index is 1270. The van der Waals surface area contributed by atoms with Crippen molar-refractivity contribution in [3.8, 4) is 0 Å². The molecule has 0 aliphatic heterocycles. The van der Waals surface area contributed by atoms with Crippen LogP contribution < -0.4 is 10.6 Å². The Morgan fingerprint density at radius 1 is 1.03 bits per heavy atom. The lowest BCUT2D eigenvalue weighted by Gasteiger charge is -2.13. The van der Waals surface area contributed by atoms with Gasteiger partial charge in [-0.15, -0.1) is 0 Å². The fourth-order valence-electron chi connectivity index (χ4n) is 3.49. The highest BCUT2D eigenvalue weighted by molar-refractivity contribution is 5.95. The second-order valence-corrected chi connectivity index (χ2v) is 7.41. The second kappa shape index (κ2) is 8.55. The van der Waals surface area contributed by atoms with Gasteiger partial charge in [0.05, 0.1) is 17.6 Å². The zero-order valence-electron chi connectivity index (χ0n) is 17.6. The van der Waals surface area contributed by atoms with E-state index in [4.69, 9.17) is 4.42 Å². The van der Waals surface area contributed by atoms with Crippen LogP contribution in [-0.2, 0) is 13.1 Å². The van der Waals surface area contributed by atoms with Gasteiger partial charge in [-0.2, -0.15) is 0 Å². The maximum atomic E-state index is 14.0. The van der Waals surface area contributed by atoms with Gasteiger partial charge in [-0.25, -0.2) is 14.4 Å². The number of benzene rings is 2. The number of hydrogen-bond acceptors (Lipinski definition) is 5. The molecule has 0 aliphatic carbocycles. The van der Waals surface area contributed by atoms with E-state index in [9.17, 15) is 9.18 Å². The topological polar surface area (TPSA) is 80.0 Å². The molecule has 31 heavy (non-hydrogen) atoms. The van der Waals surface area contributed by atoms with Gasteiger partial charge >= 0.3 is 0 Å². The fourth-order valence-corrected chi connectivity index (χ4v) is 3.49. The van der Waals surface area contributed by atoms with Gasteiger partial charge in [-0.05, 0) is 44.5 Å². The molecule has 0 atom stereocenters. The van der Waals surface area contributed by atoms with Crippen molar-refractivity contribution < 1.29 is 13.6 Å². The first-order valence-corrected chi connectivity index (χ1v) is 10.0. The summed E-state index contributed by atoms with van der Waals surface area (Å²) in [6.07, 6.45) is 0. The minimum Gasteiger partial charge on any atom is -0.466 e. The van der Waals surface area contributed by atoms with E-state index in [2.05, 4.69) is 20.6 Å². The average molecular weight is 418 g/mol. The molecule has 158 valence electrons. The third kappa shape index (κ3) is 4.40. The molecule has 2 aromatic heterocycles. The number of carbonyl (C=O) groups is 1. The van der Waals surface area contributed by atoms with Crippen LogP contribution in [0.4, 0.5) is 10.2 Å². The summed E-state index contributed by atoms with van der Waals surface area (Å²) in [5.74, 6) is 1.78. The van der Waals surface area contributed by atoms with Crippen LogP contribution in [0.2, 0.25) is 0 Å². The summed E-state index contributed by atoms with van der Waals surface area (Å²) in [5.41, 5.74) is 2.81. The highest BCUT2D eigenvalue weighted by Gasteiger charge is 2.15. The van der Waals surface area contributed by atoms with Crippen LogP contribution in [0, 0.1) is 26.6 Å². The first-order chi connectivity index (χ1) is 14.9. The molecule has 0 saturated carbocycles. The molecular formula is C24H23FN4O2. The van der Waals surface area contributed by atoms with Crippen LogP contribution in [0.3, 0.4) is 0 Å². The van der Waals surface area contributed by atoms with Crippen LogP contribution in [0.25, 0.3) is 10.9 Å². The molecule has 4 rings (SSSR count). The second-order valence-electron chi connectivity index (χ2n) is 7.41. The standard InChI is InChI=1S/C24H23FN4O2/c1-14-7-6-9-18-22(14)28-21(13-27-24(30)19-11-15(2)31-16(19)3)29-23(18)26-12-17-8-4-5-10-20(17)25/h4-11H,12-13H2,1-3H3,(H,27,30)(H,26,28,29). The lowest BCUT2D eigenvalue weighted by Crippen LogP contribution is -2.24. The number of anilines is 1. The van der Waals surface area contributed by atoms with Gasteiger partial charge in [0, 0.05) is 17.5 Å². The van der Waals surface area contributed by atoms with Crippen molar-refractivity contribution in [2.24, 2.45) is 0 Å². The number of halogens is 1. The van der Waals surface area contributed by atoms with Crippen LogP contribution >= 0.6 is 0 Å². The number of nitrogens with one attached hydrogen (secondary N) is 2. The van der Waals surface area contributed by atoms with Crippen molar-refractivity contribution in [2.45, 2.75) is 33.9 Å². The number of aryl methyl sites for hydroxylation is 3. The molecule has 6 nitrogen and oxygen atoms in total. The summed E-state index contributed by atoms with van der Waals surface area (Å²) < 4.78 is 19.5. The largest absolute Gasteiger partial charge is 0.466 e. The van der Waals surface area contributed by atoms with E-state index in [1.807, 2.05) is 25.1 Å². The van der Waals surface area contributed by atoms with Crippen molar-refractivity contribution >= 4 is 22.6 Å². The Balaban J connectivity index is 1.60. The number of hydrogen-bond donors (Lipinski definition) is 2. The molecule has 0 saturated heterocycles. The zero-order chi connectivity index (χ0) is 22.0. The van der Waals surface area contributed by atoms with Crippen molar-refractivity contribution in [1.29, 1.82) is 0 Å². The summed E-state index contributed by atoms with van der Waals surface area (Å²) in [6, 6.07) is 14.1. The Hall–Kier alpha value is -3.74. The number of aromatic nitrogens is 2. The predicted octanol–water partition coefficient (Wildman–Crippen LogP) is 4.83. The summed E-state index contributed by atoms with van der Waals surface area (Å²) in [6.45, 7) is 5.96. The third-order valence-electron chi connectivity index (χ3n) is 5.07. The maximum absolute atomic E-state index is 14.0. The molecule has 1 amide bonds. The zero-order valence-corrected chi connectivity index (χ0v) is 17.6. The van der Waals surface area contributed by atoms with Gasteiger partial charge in [0.2, 0.25) is 0 Å². The molecule has 7 heteroatoms. The number of nitrogens with zero attached hydrogens (tertiary/aromatic N) is 2. The van der Waals surface area contributed by atoms with Gasteiger partial charge in [-0.1, -0.05) is 30.3 Å². The molecule has 0 unspecified atom stereocenters. The SMILES string of the molecule is Cc1cc(C(=O)NCc2nc(NCc3ccccc3F)c3cccc(C)c3n2)c(C)o1. The number of fused-ring (bicyclic) bond motifs is 1. The van der Waals surface area contributed by atoms with Gasteiger partial charge in [0.15, 0.2) is 5.82 Å². The van der Waals surface area contributed by atoms with Crippen molar-refractivity contribution in [2.75, 3.05) is 5.32 Å². The molecule has 0 spiro atoms. The van der Waals surface area contributed by atoms with Gasteiger partial charge in [-0.3, -0.25) is 4.79 Å². The van der Waals surface area contributed by atoms with E-state index in [1.165, 1.54) is 6.07 Å². The monoisotopic (exact) mass is 418 g/mol.